The third-order valence-electron chi connectivity index (χ3n) is 2.59. The summed E-state index contributed by atoms with van der Waals surface area (Å²) in [6, 6.07) is 3.89. The van der Waals surface area contributed by atoms with E-state index >= 15 is 0 Å². The van der Waals surface area contributed by atoms with Crippen molar-refractivity contribution in [3.63, 3.8) is 0 Å². The van der Waals surface area contributed by atoms with Gasteiger partial charge in [-0.1, -0.05) is 0 Å². The molecule has 21 heavy (non-hydrogen) atoms. The summed E-state index contributed by atoms with van der Waals surface area (Å²) in [7, 11) is 1.44. The van der Waals surface area contributed by atoms with E-state index < -0.39 is 12.0 Å². The van der Waals surface area contributed by atoms with E-state index in [0.29, 0.717) is 5.75 Å². The van der Waals surface area contributed by atoms with Gasteiger partial charge in [-0.25, -0.2) is 14.6 Å². The predicted molar refractivity (Wildman–Crippen MR) is 77.9 cm³/mol. The maximum Gasteiger partial charge on any atom is 0.337 e. The van der Waals surface area contributed by atoms with Gasteiger partial charge in [-0.05, 0) is 18.2 Å². The largest absolute Gasteiger partial charge is 0.497 e. The quantitative estimate of drug-likeness (QED) is 0.786. The maximum absolute atomic E-state index is 11.8. The highest BCUT2D eigenvalue weighted by molar-refractivity contribution is 7.09. The van der Waals surface area contributed by atoms with Crippen molar-refractivity contribution in [3.05, 3.63) is 40.3 Å². The molecular weight excluding hydrogens is 294 g/mol. The van der Waals surface area contributed by atoms with E-state index in [9.17, 15) is 9.59 Å². The Balaban J connectivity index is 2.04. The van der Waals surface area contributed by atoms with Crippen molar-refractivity contribution in [1.29, 1.82) is 0 Å². The number of carbonyl (C=O) groups excluding carboxylic acids is 1. The highest BCUT2D eigenvalue weighted by Crippen LogP contribution is 2.22. The zero-order chi connectivity index (χ0) is 15.2. The summed E-state index contributed by atoms with van der Waals surface area (Å²) in [5, 5.41) is 16.8. The monoisotopic (exact) mass is 307 g/mol. The second-order valence-corrected chi connectivity index (χ2v) is 4.93. The van der Waals surface area contributed by atoms with Crippen LogP contribution in [0.3, 0.4) is 0 Å². The number of aromatic nitrogens is 1. The average molecular weight is 307 g/mol. The predicted octanol–water partition coefficient (Wildman–Crippen LogP) is 2.17. The van der Waals surface area contributed by atoms with Crippen molar-refractivity contribution >= 4 is 29.0 Å². The molecular formula is C13H13N3O4S. The number of rotatable bonds is 5. The van der Waals surface area contributed by atoms with Gasteiger partial charge in [0.25, 0.3) is 0 Å². The molecule has 0 saturated heterocycles. The minimum absolute atomic E-state index is 0.0428. The summed E-state index contributed by atoms with van der Waals surface area (Å²) in [4.78, 5) is 27.0. The van der Waals surface area contributed by atoms with Crippen LogP contribution < -0.4 is 15.4 Å². The van der Waals surface area contributed by atoms with Gasteiger partial charge in [0.2, 0.25) is 0 Å². The minimum Gasteiger partial charge on any atom is -0.497 e. The lowest BCUT2D eigenvalue weighted by atomic mass is 10.1. The van der Waals surface area contributed by atoms with Crippen LogP contribution in [0.1, 0.15) is 15.4 Å². The first-order valence-electron chi connectivity index (χ1n) is 5.94. The number of amides is 2. The summed E-state index contributed by atoms with van der Waals surface area (Å²) < 4.78 is 4.96. The topological polar surface area (TPSA) is 101 Å². The molecule has 8 heteroatoms. The first-order chi connectivity index (χ1) is 10.1. The van der Waals surface area contributed by atoms with Gasteiger partial charge in [-0.15, -0.1) is 11.3 Å². The molecule has 3 N–H and O–H groups in total. The number of carbonyl (C=O) groups is 2. The van der Waals surface area contributed by atoms with Gasteiger partial charge in [0.1, 0.15) is 10.8 Å². The van der Waals surface area contributed by atoms with Crippen LogP contribution in [0.4, 0.5) is 10.5 Å². The normalized spacial score (nSPS) is 9.95. The lowest BCUT2D eigenvalue weighted by molar-refractivity contribution is 0.0697. The number of urea groups is 1. The van der Waals surface area contributed by atoms with E-state index in [4.69, 9.17) is 9.84 Å². The molecule has 2 amide bonds. The molecule has 1 aromatic carbocycles. The lowest BCUT2D eigenvalue weighted by Gasteiger charge is -2.10. The van der Waals surface area contributed by atoms with Crippen molar-refractivity contribution < 1.29 is 19.4 Å². The van der Waals surface area contributed by atoms with E-state index in [1.54, 1.807) is 17.6 Å². The van der Waals surface area contributed by atoms with Gasteiger partial charge in [-0.2, -0.15) is 0 Å². The van der Waals surface area contributed by atoms with Gasteiger partial charge in [0.15, 0.2) is 0 Å². The molecule has 1 heterocycles. The van der Waals surface area contributed by atoms with E-state index in [1.807, 2.05) is 0 Å². The second kappa shape index (κ2) is 6.71. The van der Waals surface area contributed by atoms with Crippen LogP contribution >= 0.6 is 11.3 Å². The molecule has 1 aromatic heterocycles. The van der Waals surface area contributed by atoms with Crippen LogP contribution in [0.2, 0.25) is 0 Å². The lowest BCUT2D eigenvalue weighted by Crippen LogP contribution is -2.28. The summed E-state index contributed by atoms with van der Waals surface area (Å²) in [6.45, 7) is 0.280. The van der Waals surface area contributed by atoms with Gasteiger partial charge in [0, 0.05) is 11.6 Å². The number of hydrogen-bond acceptors (Lipinski definition) is 5. The number of carboxylic acids is 1. The van der Waals surface area contributed by atoms with Crippen molar-refractivity contribution in [2.24, 2.45) is 0 Å². The van der Waals surface area contributed by atoms with Gasteiger partial charge in [0.05, 0.1) is 24.9 Å². The van der Waals surface area contributed by atoms with Crippen LogP contribution in [0.25, 0.3) is 0 Å². The zero-order valence-corrected chi connectivity index (χ0v) is 11.9. The molecule has 0 fully saturated rings. The summed E-state index contributed by atoms with van der Waals surface area (Å²) in [5.41, 5.74) is 0.152. The Kier molecular flexibility index (Phi) is 4.72. The van der Waals surface area contributed by atoms with Gasteiger partial charge >= 0.3 is 12.0 Å². The number of ether oxygens (including phenoxy) is 1. The number of nitrogens with one attached hydrogen (secondary N) is 2. The number of benzene rings is 1. The number of anilines is 1. The number of methoxy groups -OCH3 is 1. The Morgan fingerprint density at radius 3 is 2.86 bits per heavy atom. The van der Waals surface area contributed by atoms with E-state index in [1.165, 1.54) is 30.6 Å². The Morgan fingerprint density at radius 1 is 1.43 bits per heavy atom. The molecule has 2 rings (SSSR count). The Morgan fingerprint density at radius 2 is 2.24 bits per heavy atom. The van der Waals surface area contributed by atoms with Crippen molar-refractivity contribution in [1.82, 2.24) is 10.3 Å². The maximum atomic E-state index is 11.8. The van der Waals surface area contributed by atoms with Crippen LogP contribution in [0.5, 0.6) is 5.75 Å². The van der Waals surface area contributed by atoms with Crippen molar-refractivity contribution in [3.8, 4) is 5.75 Å². The van der Waals surface area contributed by atoms with Crippen molar-refractivity contribution in [2.45, 2.75) is 6.54 Å². The fourth-order valence-electron chi connectivity index (χ4n) is 1.60. The van der Waals surface area contributed by atoms with Gasteiger partial charge in [-0.3, -0.25) is 0 Å². The Labute approximate surface area is 124 Å². The fraction of sp³-hybridized carbons (Fsp3) is 0.154. The molecule has 0 unspecified atom stereocenters. The van der Waals surface area contributed by atoms with E-state index in [0.717, 1.165) is 5.01 Å². The number of aromatic carboxylic acids is 1. The number of thiazole rings is 1. The zero-order valence-electron chi connectivity index (χ0n) is 11.1. The smallest absolute Gasteiger partial charge is 0.337 e. The molecule has 7 nitrogen and oxygen atoms in total. The molecule has 0 aliphatic heterocycles. The molecule has 2 aromatic rings. The average Bonchev–Trinajstić information content (AvgIpc) is 2.98. The number of carboxylic acid groups (broad SMARTS) is 1. The molecule has 0 atom stereocenters. The minimum atomic E-state index is -1.15. The van der Waals surface area contributed by atoms with E-state index in [-0.39, 0.29) is 17.8 Å². The standard InChI is InChI=1S/C13H13N3O4S/c1-20-8-2-3-10(9(6-8)12(17)18)16-13(19)15-7-11-14-4-5-21-11/h2-6H,7H2,1H3,(H,17,18)(H2,15,16,19). The Hall–Kier alpha value is -2.61. The van der Waals surface area contributed by atoms with Crippen LogP contribution in [0, 0.1) is 0 Å². The van der Waals surface area contributed by atoms with Crippen molar-refractivity contribution in [2.75, 3.05) is 12.4 Å². The molecule has 0 saturated carbocycles. The van der Waals surface area contributed by atoms with E-state index in [2.05, 4.69) is 15.6 Å². The third kappa shape index (κ3) is 3.93. The number of nitrogens with zero attached hydrogens (tertiary/aromatic N) is 1. The highest BCUT2D eigenvalue weighted by atomic mass is 32.1. The molecule has 0 aliphatic carbocycles. The third-order valence-corrected chi connectivity index (χ3v) is 3.37. The SMILES string of the molecule is COc1ccc(NC(=O)NCc2nccs2)c(C(=O)O)c1. The summed E-state index contributed by atoms with van der Waals surface area (Å²) in [5.74, 6) is -0.745. The summed E-state index contributed by atoms with van der Waals surface area (Å²) in [6.07, 6.45) is 1.64. The van der Waals surface area contributed by atoms with Crippen LogP contribution in [-0.2, 0) is 6.54 Å². The van der Waals surface area contributed by atoms with Crippen LogP contribution in [0.15, 0.2) is 29.8 Å². The van der Waals surface area contributed by atoms with Gasteiger partial charge < -0.3 is 20.5 Å². The first kappa shape index (κ1) is 14.8. The fourth-order valence-corrected chi connectivity index (χ4v) is 2.15. The summed E-state index contributed by atoms with van der Waals surface area (Å²) >= 11 is 1.42. The number of hydrogen-bond donors (Lipinski definition) is 3. The molecule has 0 radical (unpaired) electrons. The van der Waals surface area contributed by atoms with Crippen LogP contribution in [-0.4, -0.2) is 29.2 Å². The first-order valence-corrected chi connectivity index (χ1v) is 6.82. The second-order valence-electron chi connectivity index (χ2n) is 3.95. The highest BCUT2D eigenvalue weighted by Gasteiger charge is 2.13. The molecule has 0 bridgehead atoms. The Bertz CT molecular complexity index is 643. The molecule has 0 spiro atoms. The molecule has 110 valence electrons. The molecule has 0 aliphatic rings.